The first-order valence-corrected chi connectivity index (χ1v) is 31.9. The number of fused-ring (bicyclic) bond motifs is 8. The molecule has 2 aliphatic rings. The summed E-state index contributed by atoms with van der Waals surface area (Å²) < 4.78 is 32.0. The molecule has 11 aromatic rings. The molecule has 474 valence electrons. The van der Waals surface area contributed by atoms with Crippen molar-refractivity contribution in [1.29, 1.82) is 0 Å². The molecule has 7 aromatic heterocycles. The molecule has 0 fully saturated rings. The molecule has 93 heavy (non-hydrogen) atoms. The van der Waals surface area contributed by atoms with Crippen LogP contribution in [-0.2, 0) is 72.1 Å². The van der Waals surface area contributed by atoms with Crippen LogP contribution in [0.2, 0.25) is 0 Å². The van der Waals surface area contributed by atoms with Crippen LogP contribution in [0.4, 0.5) is 0 Å². The van der Waals surface area contributed by atoms with Crippen LogP contribution in [0.25, 0.3) is 90.9 Å². The number of rotatable bonds is 20. The molecule has 20 nitrogen and oxygen atoms in total. The number of benzene rings is 4. The Labute approximate surface area is 556 Å². The Kier molecular flexibility index (Phi) is 25.0. The zero-order chi connectivity index (χ0) is 64.9. The van der Waals surface area contributed by atoms with Gasteiger partial charge in [0.05, 0.1) is 47.6 Å². The largest absolute Gasteiger partial charge is 2.00 e. The topological polar surface area (TPSA) is 214 Å². The van der Waals surface area contributed by atoms with E-state index in [1.807, 2.05) is 254 Å². The van der Waals surface area contributed by atoms with Crippen LogP contribution in [0, 0.1) is 0 Å². The fraction of sp³-hybridized carbons (Fsp3) is 0.278. The van der Waals surface area contributed by atoms with Crippen molar-refractivity contribution in [3.05, 3.63) is 192 Å². The third kappa shape index (κ3) is 16.5. The minimum absolute atomic E-state index is 0. The molecule has 0 atom stereocenters. The second kappa shape index (κ2) is 33.8. The number of ether oxygens (including phenoxy) is 4. The molecule has 0 spiro atoms. The summed E-state index contributed by atoms with van der Waals surface area (Å²) in [4.78, 5) is 22.0. The molecule has 0 aliphatic carbocycles. The van der Waals surface area contributed by atoms with E-state index < -0.39 is 0 Å². The normalized spacial score (nSPS) is 11.0. The summed E-state index contributed by atoms with van der Waals surface area (Å²) in [5.41, 5.74) is 15.6. The molecule has 0 saturated carbocycles. The van der Waals surface area contributed by atoms with E-state index in [1.165, 1.54) is 0 Å². The maximum Gasteiger partial charge on any atom is 2.00 e. The Bertz CT molecular complexity index is 3840. The zero-order valence-electron chi connectivity index (χ0n) is 55.3. The van der Waals surface area contributed by atoms with Gasteiger partial charge in [-0.1, -0.05) is 149 Å². The van der Waals surface area contributed by atoms with Crippen molar-refractivity contribution < 1.29 is 38.4 Å². The van der Waals surface area contributed by atoms with E-state index >= 15 is 0 Å². The van der Waals surface area contributed by atoms with Crippen LogP contribution in [0.3, 0.4) is 0 Å². The van der Waals surface area contributed by atoms with Crippen molar-refractivity contribution in [3.63, 3.8) is 0 Å². The predicted molar refractivity (Wildman–Crippen MR) is 364 cm³/mol. The van der Waals surface area contributed by atoms with E-state index in [-0.39, 0.29) is 45.9 Å². The van der Waals surface area contributed by atoms with Gasteiger partial charge in [0.25, 0.3) is 0 Å². The average Bonchev–Trinajstić information content (AvgIpc) is 1.66. The molecular formula is C72H80N16O4Zn. The molecular weight excluding hydrogens is 1220 g/mol. The maximum atomic E-state index is 6.22. The van der Waals surface area contributed by atoms with Gasteiger partial charge in [-0.15, -0.1) is 42.5 Å². The van der Waals surface area contributed by atoms with Crippen molar-refractivity contribution in [2.24, 2.45) is 0 Å². The Morgan fingerprint density at radius 2 is 0.505 bits per heavy atom. The summed E-state index contributed by atoms with van der Waals surface area (Å²) in [6.45, 7) is 28.1. The van der Waals surface area contributed by atoms with Gasteiger partial charge in [0, 0.05) is 26.2 Å². The Balaban J connectivity index is 0.00000119. The third-order valence-corrected chi connectivity index (χ3v) is 14.4. The molecule has 13 rings (SSSR count). The van der Waals surface area contributed by atoms with Crippen molar-refractivity contribution in [1.82, 2.24) is 79.9 Å². The quantitative estimate of drug-likeness (QED) is 0.0649. The fourth-order valence-electron chi connectivity index (χ4n) is 10.0. The number of nitrogens with zero attached hydrogens (tertiary/aromatic N) is 16. The van der Waals surface area contributed by atoms with Gasteiger partial charge in [0.2, 0.25) is 0 Å². The molecule has 0 saturated heterocycles. The Morgan fingerprint density at radius 3 is 0.688 bits per heavy atom. The number of aryl methyl sites for hydroxylation is 4. The standard InChI is InChI=1S/C64H56N16O4.4C2H6.Zn/c1-5-77-33-45(69-73-77)37-81-49-17-9-41(10-18-49)61-53-25-27-55(65-53)62(42-11-19-50(20-12-42)82-38-46-34-78(6-2)74-70-46)57-29-31-59(67-57)64(44-15-23-52(24-16-44)84-40-48-36-80(8-4)76-72-48)60-32-30-58(68-60)63(56-28-26-54(61)66-56)43-13-21-51(22-14-43)83-39-47-35-79(7-3)75-71-47;4*1-2;/h9-36H,5-8,37-40H2,1-4H3;4*1-2H3;/q-2;;;;;+2. The van der Waals surface area contributed by atoms with E-state index in [2.05, 4.69) is 41.2 Å². The zero-order valence-corrected chi connectivity index (χ0v) is 58.3. The van der Waals surface area contributed by atoms with Gasteiger partial charge in [-0.05, 0) is 145 Å². The fourth-order valence-corrected chi connectivity index (χ4v) is 10.0. The van der Waals surface area contributed by atoms with Crippen molar-refractivity contribution in [3.8, 4) is 67.5 Å². The molecule has 2 aliphatic heterocycles. The predicted octanol–water partition coefficient (Wildman–Crippen LogP) is 15.4. The smallest absolute Gasteiger partial charge is 0.657 e. The summed E-state index contributed by atoms with van der Waals surface area (Å²) >= 11 is 0. The molecule has 4 aromatic carbocycles. The summed E-state index contributed by atoms with van der Waals surface area (Å²) in [6.07, 6.45) is 15.8. The van der Waals surface area contributed by atoms with Crippen molar-refractivity contribution in [2.45, 2.75) is 136 Å². The summed E-state index contributed by atoms with van der Waals surface area (Å²) in [6, 6.07) is 40.2. The van der Waals surface area contributed by atoms with Crippen LogP contribution in [0.5, 0.6) is 23.0 Å². The third-order valence-electron chi connectivity index (χ3n) is 14.4. The first kappa shape index (κ1) is 68.8. The van der Waals surface area contributed by atoms with E-state index in [0.29, 0.717) is 23.0 Å². The summed E-state index contributed by atoms with van der Waals surface area (Å²) in [5.74, 6) is 2.73. The van der Waals surface area contributed by atoms with Crippen molar-refractivity contribution in [2.75, 3.05) is 0 Å². The molecule has 9 heterocycles. The van der Waals surface area contributed by atoms with E-state index in [1.54, 1.807) is 18.7 Å². The monoisotopic (exact) mass is 1300 g/mol. The molecule has 21 heteroatoms. The second-order valence-electron chi connectivity index (χ2n) is 19.9. The van der Waals surface area contributed by atoms with Crippen LogP contribution < -0.4 is 28.9 Å². The van der Waals surface area contributed by atoms with Gasteiger partial charge < -0.3 is 28.9 Å². The van der Waals surface area contributed by atoms with Gasteiger partial charge in [-0.2, -0.15) is 0 Å². The van der Waals surface area contributed by atoms with E-state index in [0.717, 1.165) is 138 Å². The minimum atomic E-state index is 0. The number of hydrogen-bond acceptors (Lipinski definition) is 14. The van der Waals surface area contributed by atoms with Crippen LogP contribution >= 0.6 is 0 Å². The second-order valence-corrected chi connectivity index (χ2v) is 19.9. The maximum absolute atomic E-state index is 6.22. The number of aromatic nitrogens is 16. The minimum Gasteiger partial charge on any atom is -0.657 e. The summed E-state index contributed by atoms with van der Waals surface area (Å²) in [5, 5.41) is 33.7. The van der Waals surface area contributed by atoms with Crippen LogP contribution in [0.1, 0.15) is 129 Å². The Morgan fingerprint density at radius 1 is 0.301 bits per heavy atom. The molecule has 0 unspecified atom stereocenters. The molecule has 0 N–H and O–H groups in total. The average molecular weight is 1300 g/mol. The van der Waals surface area contributed by atoms with Gasteiger partial charge in [-0.25, -0.2) is 9.97 Å². The first-order valence-electron chi connectivity index (χ1n) is 31.9. The summed E-state index contributed by atoms with van der Waals surface area (Å²) in [7, 11) is 0. The first-order chi connectivity index (χ1) is 45.3. The van der Waals surface area contributed by atoms with Gasteiger partial charge in [-0.3, -0.25) is 18.7 Å². The van der Waals surface area contributed by atoms with E-state index in [4.69, 9.17) is 38.9 Å². The SMILES string of the molecule is CC.CC.CC.CC.CCn1cc(COc2ccc(-c3c4nc(c(-c5ccc(OCc6cn(CC)nn6)cc5)c5ccc([n-]5)c(-c5ccc(OCc6cn(CC)nn6)cc5)c5nc(c(-c6ccc(OCc7cn(CC)nn7)cc6)c6ccc3[n-]6)C=C5)C=C4)cc2)nn1.[Zn+2]. The molecule has 0 amide bonds. The molecule has 8 bridgehead atoms. The van der Waals surface area contributed by atoms with Gasteiger partial charge in [0.15, 0.2) is 0 Å². The van der Waals surface area contributed by atoms with Crippen LogP contribution in [-0.4, -0.2) is 69.9 Å². The molecule has 0 radical (unpaired) electrons. The van der Waals surface area contributed by atoms with Gasteiger partial charge >= 0.3 is 19.5 Å². The van der Waals surface area contributed by atoms with Gasteiger partial charge in [0.1, 0.15) is 72.2 Å². The van der Waals surface area contributed by atoms with E-state index in [9.17, 15) is 0 Å². The van der Waals surface area contributed by atoms with Crippen LogP contribution in [0.15, 0.2) is 146 Å². The van der Waals surface area contributed by atoms with Crippen molar-refractivity contribution >= 4 is 46.4 Å². The number of hydrogen-bond donors (Lipinski definition) is 0. The Hall–Kier alpha value is -10.1.